The number of rotatable bonds is 2. The summed E-state index contributed by atoms with van der Waals surface area (Å²) in [6.45, 7) is 3.18. The molecule has 108 valence electrons. The number of amidine groups is 1. The van der Waals surface area contributed by atoms with Gasteiger partial charge in [-0.25, -0.2) is 0 Å². The van der Waals surface area contributed by atoms with Crippen molar-refractivity contribution in [3.05, 3.63) is 34.3 Å². The van der Waals surface area contributed by atoms with Gasteiger partial charge in [-0.1, -0.05) is 34.1 Å². The van der Waals surface area contributed by atoms with Crippen molar-refractivity contribution in [3.63, 3.8) is 0 Å². The van der Waals surface area contributed by atoms with E-state index < -0.39 is 0 Å². The largest absolute Gasteiger partial charge is 0.409 e. The van der Waals surface area contributed by atoms with Crippen molar-refractivity contribution < 1.29 is 10.0 Å². The monoisotopic (exact) mass is 339 g/mol. The fourth-order valence-corrected chi connectivity index (χ4v) is 2.78. The first-order chi connectivity index (χ1) is 9.46. The van der Waals surface area contributed by atoms with Crippen LogP contribution in [0.1, 0.15) is 30.1 Å². The zero-order chi connectivity index (χ0) is 14.8. The minimum atomic E-state index is -0.331. The fraction of sp³-hybridized carbons (Fsp3) is 0.429. The summed E-state index contributed by atoms with van der Waals surface area (Å²) in [6, 6.07) is 7.37. The highest BCUT2D eigenvalue weighted by molar-refractivity contribution is 9.10. The number of halogens is 1. The molecule has 5 nitrogen and oxygen atoms in total. The van der Waals surface area contributed by atoms with E-state index in [4.69, 9.17) is 10.9 Å². The first-order valence-electron chi connectivity index (χ1n) is 6.49. The molecular weight excluding hydrogens is 322 g/mol. The van der Waals surface area contributed by atoms with Crippen LogP contribution in [-0.2, 0) is 0 Å². The maximum absolute atomic E-state index is 12.4. The van der Waals surface area contributed by atoms with Crippen LogP contribution in [0.15, 0.2) is 33.9 Å². The van der Waals surface area contributed by atoms with Crippen molar-refractivity contribution >= 4 is 27.7 Å². The third-order valence-electron chi connectivity index (χ3n) is 3.95. The second-order valence-electron chi connectivity index (χ2n) is 5.35. The number of amides is 1. The van der Waals surface area contributed by atoms with E-state index >= 15 is 0 Å². The summed E-state index contributed by atoms with van der Waals surface area (Å²) in [5, 5.41) is 11.9. The van der Waals surface area contributed by atoms with Crippen molar-refractivity contribution in [2.24, 2.45) is 16.3 Å². The van der Waals surface area contributed by atoms with E-state index in [1.54, 1.807) is 0 Å². The van der Waals surface area contributed by atoms with E-state index in [9.17, 15) is 4.79 Å². The van der Waals surface area contributed by atoms with Gasteiger partial charge in [0.2, 0.25) is 0 Å². The molecule has 1 aromatic carbocycles. The number of likely N-dealkylation sites (tertiary alicyclic amines) is 1. The maximum atomic E-state index is 12.4. The van der Waals surface area contributed by atoms with Crippen LogP contribution in [0.3, 0.4) is 0 Å². The predicted molar refractivity (Wildman–Crippen MR) is 80.8 cm³/mol. The van der Waals surface area contributed by atoms with Gasteiger partial charge in [0.05, 0.1) is 0 Å². The quantitative estimate of drug-likeness (QED) is 0.376. The van der Waals surface area contributed by atoms with Gasteiger partial charge in [-0.3, -0.25) is 4.79 Å². The fourth-order valence-electron chi connectivity index (χ4n) is 2.38. The highest BCUT2D eigenvalue weighted by Crippen LogP contribution is 2.31. The average Bonchev–Trinajstić information content (AvgIpc) is 2.46. The Bertz CT molecular complexity index is 537. The summed E-state index contributed by atoms with van der Waals surface area (Å²) < 4.78 is 0.891. The summed E-state index contributed by atoms with van der Waals surface area (Å²) in [5.41, 5.74) is 6.07. The molecule has 1 fully saturated rings. The number of oxime groups is 1. The van der Waals surface area contributed by atoms with E-state index in [0.717, 1.165) is 4.47 Å². The molecule has 1 aliphatic heterocycles. The summed E-state index contributed by atoms with van der Waals surface area (Å²) in [6.07, 6.45) is 1.39. The standard InChI is InChI=1S/C14H18BrN3O2/c1-14(13(16)17-20)5-7-18(8-6-14)12(19)10-3-2-4-11(15)9-10/h2-4,9,20H,5-8H2,1H3,(H2,16,17). The Morgan fingerprint density at radius 1 is 1.45 bits per heavy atom. The molecule has 0 aromatic heterocycles. The Labute approximate surface area is 126 Å². The van der Waals surface area contributed by atoms with Crippen LogP contribution >= 0.6 is 15.9 Å². The lowest BCUT2D eigenvalue weighted by atomic mass is 9.79. The normalized spacial score (nSPS) is 18.9. The number of nitrogens with two attached hydrogens (primary N) is 1. The third-order valence-corrected chi connectivity index (χ3v) is 4.45. The Morgan fingerprint density at radius 2 is 2.10 bits per heavy atom. The van der Waals surface area contributed by atoms with Gasteiger partial charge >= 0.3 is 0 Å². The number of piperidine rings is 1. The van der Waals surface area contributed by atoms with Crippen LogP contribution in [0.4, 0.5) is 0 Å². The van der Waals surface area contributed by atoms with Crippen LogP contribution in [0.25, 0.3) is 0 Å². The van der Waals surface area contributed by atoms with E-state index in [2.05, 4.69) is 21.1 Å². The Balaban J connectivity index is 2.06. The molecule has 20 heavy (non-hydrogen) atoms. The molecule has 1 heterocycles. The summed E-state index contributed by atoms with van der Waals surface area (Å²) in [5.74, 6) is 0.264. The molecule has 1 aliphatic rings. The second kappa shape index (κ2) is 5.83. The third kappa shape index (κ3) is 2.95. The molecule has 3 N–H and O–H groups in total. The number of hydrogen-bond acceptors (Lipinski definition) is 3. The predicted octanol–water partition coefficient (Wildman–Crippen LogP) is 2.44. The molecule has 0 unspecified atom stereocenters. The van der Waals surface area contributed by atoms with E-state index in [-0.39, 0.29) is 17.2 Å². The molecule has 0 saturated carbocycles. The number of benzene rings is 1. The molecule has 0 aliphatic carbocycles. The number of carbonyl (C=O) groups excluding carboxylic acids is 1. The van der Waals surface area contributed by atoms with Gasteiger partial charge in [0, 0.05) is 28.5 Å². The lowest BCUT2D eigenvalue weighted by Crippen LogP contribution is -2.47. The van der Waals surface area contributed by atoms with E-state index in [1.165, 1.54) is 0 Å². The Hall–Kier alpha value is -1.56. The summed E-state index contributed by atoms with van der Waals surface area (Å²) in [4.78, 5) is 14.2. The molecular formula is C14H18BrN3O2. The van der Waals surface area contributed by atoms with Gasteiger partial charge in [0.15, 0.2) is 0 Å². The topological polar surface area (TPSA) is 78.9 Å². The van der Waals surface area contributed by atoms with Crippen LogP contribution in [0, 0.1) is 5.41 Å². The average molecular weight is 340 g/mol. The number of hydrogen-bond donors (Lipinski definition) is 2. The van der Waals surface area contributed by atoms with E-state index in [0.29, 0.717) is 31.5 Å². The zero-order valence-corrected chi connectivity index (χ0v) is 12.9. The molecule has 0 atom stereocenters. The van der Waals surface area contributed by atoms with Gasteiger partial charge in [-0.15, -0.1) is 0 Å². The SMILES string of the molecule is CC1(/C(N)=N/O)CCN(C(=O)c2cccc(Br)c2)CC1. The van der Waals surface area contributed by atoms with Crippen molar-refractivity contribution in [2.75, 3.05) is 13.1 Å². The highest BCUT2D eigenvalue weighted by atomic mass is 79.9. The summed E-state index contributed by atoms with van der Waals surface area (Å²) >= 11 is 3.37. The lowest BCUT2D eigenvalue weighted by molar-refractivity contribution is 0.0666. The van der Waals surface area contributed by atoms with Gasteiger partial charge in [-0.2, -0.15) is 0 Å². The highest BCUT2D eigenvalue weighted by Gasteiger charge is 2.35. The van der Waals surface area contributed by atoms with Gasteiger partial charge in [-0.05, 0) is 31.0 Å². The Kier molecular flexibility index (Phi) is 4.32. The van der Waals surface area contributed by atoms with Crippen molar-refractivity contribution in [2.45, 2.75) is 19.8 Å². The van der Waals surface area contributed by atoms with Crippen molar-refractivity contribution in [3.8, 4) is 0 Å². The smallest absolute Gasteiger partial charge is 0.253 e. The van der Waals surface area contributed by atoms with Gasteiger partial charge < -0.3 is 15.8 Å². The van der Waals surface area contributed by atoms with Crippen LogP contribution in [-0.4, -0.2) is 34.9 Å². The summed E-state index contributed by atoms with van der Waals surface area (Å²) in [7, 11) is 0. The molecule has 6 heteroatoms. The lowest BCUT2D eigenvalue weighted by Gasteiger charge is -2.38. The van der Waals surface area contributed by atoms with Crippen LogP contribution in [0.5, 0.6) is 0 Å². The van der Waals surface area contributed by atoms with Gasteiger partial charge in [0.25, 0.3) is 5.91 Å². The van der Waals surface area contributed by atoms with E-state index in [1.807, 2.05) is 36.1 Å². The first kappa shape index (κ1) is 14.8. The molecule has 0 radical (unpaired) electrons. The van der Waals surface area contributed by atoms with Crippen molar-refractivity contribution in [1.82, 2.24) is 4.90 Å². The molecule has 0 bridgehead atoms. The van der Waals surface area contributed by atoms with Crippen molar-refractivity contribution in [1.29, 1.82) is 0 Å². The first-order valence-corrected chi connectivity index (χ1v) is 7.28. The molecule has 1 saturated heterocycles. The Morgan fingerprint density at radius 3 is 2.65 bits per heavy atom. The van der Waals surface area contributed by atoms with Crippen LogP contribution < -0.4 is 5.73 Å². The molecule has 0 spiro atoms. The second-order valence-corrected chi connectivity index (χ2v) is 6.26. The number of carbonyl (C=O) groups is 1. The maximum Gasteiger partial charge on any atom is 0.253 e. The minimum absolute atomic E-state index is 0.0212. The molecule has 1 amide bonds. The van der Waals surface area contributed by atoms with Gasteiger partial charge in [0.1, 0.15) is 5.84 Å². The van der Waals surface area contributed by atoms with Crippen LogP contribution in [0.2, 0.25) is 0 Å². The molecule has 1 aromatic rings. The minimum Gasteiger partial charge on any atom is -0.409 e. The molecule has 2 rings (SSSR count). The zero-order valence-electron chi connectivity index (χ0n) is 11.3. The number of nitrogens with zero attached hydrogens (tertiary/aromatic N) is 2.